The molecule has 0 amide bonds. The van der Waals surface area contributed by atoms with Gasteiger partial charge in [0.25, 0.3) is 0 Å². The Hall–Kier alpha value is -2.10. The molecule has 0 aliphatic carbocycles. The third-order valence-corrected chi connectivity index (χ3v) is 3.51. The van der Waals surface area contributed by atoms with Gasteiger partial charge in [0.05, 0.1) is 14.2 Å². The molecule has 0 fully saturated rings. The van der Waals surface area contributed by atoms with E-state index in [-0.39, 0.29) is 0 Å². The zero-order valence-electron chi connectivity index (χ0n) is 13.3. The molecule has 2 aromatic rings. The fourth-order valence-electron chi connectivity index (χ4n) is 2.36. The van der Waals surface area contributed by atoms with Crippen molar-refractivity contribution in [2.24, 2.45) is 0 Å². The predicted octanol–water partition coefficient (Wildman–Crippen LogP) is 3.84. The van der Waals surface area contributed by atoms with Crippen LogP contribution in [-0.4, -0.2) is 18.8 Å². The molecular weight excluding hydrogens is 264 g/mol. The summed E-state index contributed by atoms with van der Waals surface area (Å²) < 4.78 is 12.9. The second kappa shape index (κ2) is 7.07. The molecule has 0 bridgehead atoms. The van der Waals surface area contributed by atoms with E-state index in [1.807, 2.05) is 12.1 Å². The van der Waals surface area contributed by atoms with E-state index >= 15 is 0 Å². The van der Waals surface area contributed by atoms with Crippen LogP contribution in [-0.2, 0) is 13.1 Å². The second-order valence-electron chi connectivity index (χ2n) is 5.13. The monoisotopic (exact) mass is 288 g/mol. The summed E-state index contributed by atoms with van der Waals surface area (Å²) in [5, 5.41) is 3.46. The highest BCUT2D eigenvalue weighted by molar-refractivity contribution is 5.60. The Morgan fingerprint density at radius 1 is 1.14 bits per heavy atom. The van der Waals surface area contributed by atoms with Crippen molar-refractivity contribution < 1.29 is 9.47 Å². The zero-order valence-corrected chi connectivity index (χ0v) is 13.3. The third kappa shape index (κ3) is 3.72. The number of methoxy groups -OCH3 is 2. The van der Waals surface area contributed by atoms with Crippen LogP contribution in [0.4, 0.5) is 5.69 Å². The number of rotatable bonds is 7. The molecule has 0 spiro atoms. The van der Waals surface area contributed by atoms with Crippen LogP contribution in [0.3, 0.4) is 0 Å². The van der Waals surface area contributed by atoms with Crippen LogP contribution in [0.25, 0.3) is 0 Å². The van der Waals surface area contributed by atoms with Gasteiger partial charge in [-0.1, -0.05) is 6.92 Å². The number of benzene rings is 1. The van der Waals surface area contributed by atoms with E-state index in [1.54, 1.807) is 14.2 Å². The van der Waals surface area contributed by atoms with Gasteiger partial charge in [-0.3, -0.25) is 0 Å². The van der Waals surface area contributed by atoms with E-state index < -0.39 is 0 Å². The number of nitrogens with one attached hydrogen (secondary N) is 1. The fourth-order valence-corrected chi connectivity index (χ4v) is 2.36. The van der Waals surface area contributed by atoms with Gasteiger partial charge in [-0.2, -0.15) is 0 Å². The molecule has 1 aromatic heterocycles. The normalized spacial score (nSPS) is 10.5. The smallest absolute Gasteiger partial charge is 0.162 e. The molecule has 1 N–H and O–H groups in total. The summed E-state index contributed by atoms with van der Waals surface area (Å²) in [7, 11) is 3.31. The van der Waals surface area contributed by atoms with Crippen molar-refractivity contribution in [3.05, 3.63) is 41.7 Å². The first-order valence-corrected chi connectivity index (χ1v) is 7.29. The second-order valence-corrected chi connectivity index (χ2v) is 5.13. The largest absolute Gasteiger partial charge is 0.493 e. The Kier molecular flexibility index (Phi) is 5.14. The van der Waals surface area contributed by atoms with Gasteiger partial charge in [0.15, 0.2) is 11.5 Å². The van der Waals surface area contributed by atoms with Crippen LogP contribution in [0.1, 0.15) is 24.5 Å². The van der Waals surface area contributed by atoms with Gasteiger partial charge >= 0.3 is 0 Å². The van der Waals surface area contributed by atoms with Crippen molar-refractivity contribution in [2.45, 2.75) is 33.4 Å². The molecule has 0 aliphatic heterocycles. The van der Waals surface area contributed by atoms with E-state index in [2.05, 4.69) is 42.2 Å². The van der Waals surface area contributed by atoms with Gasteiger partial charge < -0.3 is 19.4 Å². The molecule has 4 nitrogen and oxygen atoms in total. The molecule has 1 aromatic carbocycles. The number of anilines is 1. The van der Waals surface area contributed by atoms with E-state index in [0.717, 1.165) is 42.3 Å². The lowest BCUT2D eigenvalue weighted by Gasteiger charge is -2.14. The number of aromatic nitrogens is 1. The highest BCUT2D eigenvalue weighted by Crippen LogP contribution is 2.33. The maximum Gasteiger partial charge on any atom is 0.162 e. The Labute approximate surface area is 126 Å². The standard InChI is InChI=1S/C17H24N2O2/c1-5-7-19-8-6-14(12-19)11-18-15-10-17(21-4)16(20-3)9-13(15)2/h6,8-10,12,18H,5,7,11H2,1-4H3. The summed E-state index contributed by atoms with van der Waals surface area (Å²) >= 11 is 0. The molecule has 4 heteroatoms. The Morgan fingerprint density at radius 3 is 2.52 bits per heavy atom. The molecule has 21 heavy (non-hydrogen) atoms. The average molecular weight is 288 g/mol. The van der Waals surface area contributed by atoms with Crippen LogP contribution in [0.2, 0.25) is 0 Å². The first-order valence-electron chi connectivity index (χ1n) is 7.29. The quantitative estimate of drug-likeness (QED) is 0.841. The Morgan fingerprint density at radius 2 is 1.86 bits per heavy atom. The van der Waals surface area contributed by atoms with E-state index in [4.69, 9.17) is 9.47 Å². The van der Waals surface area contributed by atoms with Gasteiger partial charge in [-0.05, 0) is 36.6 Å². The molecule has 0 saturated heterocycles. The molecule has 0 saturated carbocycles. The summed E-state index contributed by atoms with van der Waals surface area (Å²) in [6.45, 7) is 6.11. The van der Waals surface area contributed by atoms with Gasteiger partial charge in [0.2, 0.25) is 0 Å². The maximum absolute atomic E-state index is 5.35. The molecule has 0 atom stereocenters. The van der Waals surface area contributed by atoms with Gasteiger partial charge in [0, 0.05) is 37.2 Å². The molecule has 114 valence electrons. The topological polar surface area (TPSA) is 35.4 Å². The number of aryl methyl sites for hydroxylation is 2. The minimum Gasteiger partial charge on any atom is -0.493 e. The van der Waals surface area contributed by atoms with Crippen LogP contribution in [0.15, 0.2) is 30.6 Å². The van der Waals surface area contributed by atoms with Crippen LogP contribution >= 0.6 is 0 Å². The summed E-state index contributed by atoms with van der Waals surface area (Å²) in [5.74, 6) is 1.50. The lowest BCUT2D eigenvalue weighted by molar-refractivity contribution is 0.355. The van der Waals surface area contributed by atoms with Gasteiger partial charge in [-0.15, -0.1) is 0 Å². The van der Waals surface area contributed by atoms with E-state index in [0.29, 0.717) is 0 Å². The fraction of sp³-hybridized carbons (Fsp3) is 0.412. The first kappa shape index (κ1) is 15.3. The van der Waals surface area contributed by atoms with Crippen molar-refractivity contribution in [1.82, 2.24) is 4.57 Å². The molecular formula is C17H24N2O2. The number of hydrogen-bond donors (Lipinski definition) is 1. The molecule has 0 unspecified atom stereocenters. The summed E-state index contributed by atoms with van der Waals surface area (Å²) in [6, 6.07) is 6.12. The highest BCUT2D eigenvalue weighted by Gasteiger charge is 2.08. The molecule has 1 heterocycles. The van der Waals surface area contributed by atoms with Gasteiger partial charge in [0.1, 0.15) is 0 Å². The Balaban J connectivity index is 2.08. The number of ether oxygens (including phenoxy) is 2. The summed E-state index contributed by atoms with van der Waals surface area (Å²) in [5.41, 5.74) is 3.48. The SMILES string of the molecule is CCCn1ccc(CNc2cc(OC)c(OC)cc2C)c1. The lowest BCUT2D eigenvalue weighted by atomic mass is 10.1. The van der Waals surface area contributed by atoms with E-state index in [9.17, 15) is 0 Å². The van der Waals surface area contributed by atoms with E-state index in [1.165, 1.54) is 5.56 Å². The third-order valence-electron chi connectivity index (χ3n) is 3.51. The molecule has 0 aliphatic rings. The number of hydrogen-bond acceptors (Lipinski definition) is 3. The first-order chi connectivity index (χ1) is 10.2. The zero-order chi connectivity index (χ0) is 15.2. The van der Waals surface area contributed by atoms with Crippen molar-refractivity contribution in [2.75, 3.05) is 19.5 Å². The Bertz CT molecular complexity index is 590. The van der Waals surface area contributed by atoms with Crippen molar-refractivity contribution in [1.29, 1.82) is 0 Å². The van der Waals surface area contributed by atoms with Crippen LogP contribution < -0.4 is 14.8 Å². The molecule has 0 radical (unpaired) electrons. The highest BCUT2D eigenvalue weighted by atomic mass is 16.5. The van der Waals surface area contributed by atoms with Gasteiger partial charge in [-0.25, -0.2) is 0 Å². The average Bonchev–Trinajstić information content (AvgIpc) is 2.93. The minimum atomic E-state index is 0.745. The predicted molar refractivity (Wildman–Crippen MR) is 86.3 cm³/mol. The number of nitrogens with zero attached hydrogens (tertiary/aromatic N) is 1. The lowest BCUT2D eigenvalue weighted by Crippen LogP contribution is -2.02. The summed E-state index contributed by atoms with van der Waals surface area (Å²) in [4.78, 5) is 0. The summed E-state index contributed by atoms with van der Waals surface area (Å²) in [6.07, 6.45) is 5.46. The van der Waals surface area contributed by atoms with Crippen molar-refractivity contribution in [3.63, 3.8) is 0 Å². The van der Waals surface area contributed by atoms with Crippen molar-refractivity contribution >= 4 is 5.69 Å². The molecule has 2 rings (SSSR count). The van der Waals surface area contributed by atoms with Crippen LogP contribution in [0, 0.1) is 6.92 Å². The van der Waals surface area contributed by atoms with Crippen molar-refractivity contribution in [3.8, 4) is 11.5 Å². The van der Waals surface area contributed by atoms with Crippen LogP contribution in [0.5, 0.6) is 11.5 Å². The minimum absolute atomic E-state index is 0.745. The maximum atomic E-state index is 5.35.